The normalized spacial score (nSPS) is 12.1. The second-order valence-electron chi connectivity index (χ2n) is 6.32. The summed E-state index contributed by atoms with van der Waals surface area (Å²) < 4.78 is 69.9. The summed E-state index contributed by atoms with van der Waals surface area (Å²) >= 11 is 0. The number of hydrogen-bond donors (Lipinski definition) is 1. The first-order valence-corrected chi connectivity index (χ1v) is 10.1. The van der Waals surface area contributed by atoms with Crippen molar-refractivity contribution in [1.29, 1.82) is 0 Å². The Labute approximate surface area is 169 Å². The molecule has 0 saturated carbocycles. The van der Waals surface area contributed by atoms with Crippen LogP contribution in [0.25, 0.3) is 22.4 Å². The van der Waals surface area contributed by atoms with Crippen molar-refractivity contribution >= 4 is 10.0 Å². The Morgan fingerprint density at radius 2 is 1.57 bits per heavy atom. The molecular formula is C20H14F3N3O3S. The van der Waals surface area contributed by atoms with Gasteiger partial charge in [0, 0.05) is 11.1 Å². The zero-order valence-electron chi connectivity index (χ0n) is 15.2. The van der Waals surface area contributed by atoms with E-state index in [1.54, 1.807) is 36.4 Å². The molecule has 0 amide bonds. The van der Waals surface area contributed by atoms with E-state index in [1.165, 1.54) is 36.8 Å². The quantitative estimate of drug-likeness (QED) is 0.492. The monoisotopic (exact) mass is 433 g/mol. The van der Waals surface area contributed by atoms with Crippen LogP contribution in [0.1, 0.15) is 5.69 Å². The first kappa shape index (κ1) is 19.8. The summed E-state index contributed by atoms with van der Waals surface area (Å²) in [5.74, 6) is 0. The van der Waals surface area contributed by atoms with Crippen LogP contribution < -0.4 is 4.83 Å². The fourth-order valence-electron chi connectivity index (χ4n) is 2.82. The number of halogens is 3. The van der Waals surface area contributed by atoms with Crippen molar-refractivity contribution in [2.24, 2.45) is 0 Å². The zero-order chi connectivity index (χ0) is 21.4. The predicted molar refractivity (Wildman–Crippen MR) is 103 cm³/mol. The molecule has 0 fully saturated rings. The van der Waals surface area contributed by atoms with Crippen LogP contribution in [0.15, 0.2) is 88.6 Å². The van der Waals surface area contributed by atoms with Crippen molar-refractivity contribution < 1.29 is 26.0 Å². The van der Waals surface area contributed by atoms with E-state index in [9.17, 15) is 21.6 Å². The van der Waals surface area contributed by atoms with Gasteiger partial charge in [0.15, 0.2) is 5.69 Å². The highest BCUT2D eigenvalue weighted by Gasteiger charge is 2.35. The van der Waals surface area contributed by atoms with Gasteiger partial charge in [-0.3, -0.25) is 0 Å². The molecule has 0 atom stereocenters. The van der Waals surface area contributed by atoms with Gasteiger partial charge < -0.3 is 4.42 Å². The third kappa shape index (κ3) is 3.94. The van der Waals surface area contributed by atoms with Gasteiger partial charge in [0.25, 0.3) is 10.0 Å². The van der Waals surface area contributed by atoms with E-state index in [0.29, 0.717) is 10.4 Å². The maximum absolute atomic E-state index is 13.2. The van der Waals surface area contributed by atoms with Crippen LogP contribution in [0.5, 0.6) is 0 Å². The zero-order valence-corrected chi connectivity index (χ0v) is 16.0. The molecule has 30 heavy (non-hydrogen) atoms. The maximum atomic E-state index is 13.2. The summed E-state index contributed by atoms with van der Waals surface area (Å²) in [4.78, 5) is 2.62. The predicted octanol–water partition coefficient (Wildman–Crippen LogP) is 4.76. The molecule has 10 heteroatoms. The van der Waals surface area contributed by atoms with Gasteiger partial charge in [0.2, 0.25) is 0 Å². The van der Waals surface area contributed by atoms with Gasteiger partial charge in [-0.1, -0.05) is 42.5 Å². The minimum atomic E-state index is -4.74. The lowest BCUT2D eigenvalue weighted by Crippen LogP contribution is -2.25. The number of furan rings is 1. The molecule has 0 unspecified atom stereocenters. The largest absolute Gasteiger partial charge is 0.472 e. The van der Waals surface area contributed by atoms with Crippen LogP contribution in [0.2, 0.25) is 0 Å². The lowest BCUT2D eigenvalue weighted by Gasteiger charge is -2.11. The second kappa shape index (κ2) is 7.38. The molecule has 0 radical (unpaired) electrons. The van der Waals surface area contributed by atoms with E-state index in [1.807, 2.05) is 0 Å². The molecular weight excluding hydrogens is 419 g/mol. The van der Waals surface area contributed by atoms with Gasteiger partial charge in [-0.2, -0.15) is 31.2 Å². The van der Waals surface area contributed by atoms with E-state index < -0.39 is 21.9 Å². The van der Waals surface area contributed by atoms with Gasteiger partial charge in [-0.05, 0) is 29.8 Å². The highest BCUT2D eigenvalue weighted by Crippen LogP contribution is 2.32. The van der Waals surface area contributed by atoms with Crippen LogP contribution in [-0.2, 0) is 16.2 Å². The number of aromatic nitrogens is 2. The summed E-state index contributed by atoms with van der Waals surface area (Å²) in [6, 6.07) is 16.4. The van der Waals surface area contributed by atoms with Crippen molar-refractivity contribution in [1.82, 2.24) is 9.89 Å². The number of sulfonamides is 1. The molecule has 6 nitrogen and oxygen atoms in total. The van der Waals surface area contributed by atoms with Crippen molar-refractivity contribution in [3.05, 3.63) is 85.0 Å². The van der Waals surface area contributed by atoms with Crippen LogP contribution in [-0.4, -0.2) is 18.3 Å². The second-order valence-corrected chi connectivity index (χ2v) is 7.98. The first-order valence-electron chi connectivity index (χ1n) is 8.62. The number of nitrogens with one attached hydrogen (secondary N) is 1. The van der Waals surface area contributed by atoms with Crippen molar-refractivity contribution in [3.63, 3.8) is 0 Å². The summed E-state index contributed by atoms with van der Waals surface area (Å²) in [5.41, 5.74) is 0.670. The topological polar surface area (TPSA) is 77.1 Å². The molecule has 1 N–H and O–H groups in total. The van der Waals surface area contributed by atoms with Gasteiger partial charge in [-0.25, -0.2) is 0 Å². The third-order valence-electron chi connectivity index (χ3n) is 4.30. The van der Waals surface area contributed by atoms with Crippen molar-refractivity contribution in [3.8, 4) is 22.4 Å². The molecule has 2 aromatic carbocycles. The van der Waals surface area contributed by atoms with Crippen LogP contribution in [0.3, 0.4) is 0 Å². The lowest BCUT2D eigenvalue weighted by atomic mass is 10.1. The van der Waals surface area contributed by atoms with Crippen LogP contribution in [0, 0.1) is 0 Å². The van der Waals surface area contributed by atoms with Gasteiger partial charge >= 0.3 is 6.18 Å². The highest BCUT2D eigenvalue weighted by molar-refractivity contribution is 7.92. The maximum Gasteiger partial charge on any atom is 0.435 e. The molecule has 0 aliphatic heterocycles. The Kier molecular flexibility index (Phi) is 4.86. The van der Waals surface area contributed by atoms with E-state index in [4.69, 9.17) is 4.42 Å². The molecule has 2 heterocycles. The summed E-state index contributed by atoms with van der Waals surface area (Å²) in [5, 5.41) is 3.43. The van der Waals surface area contributed by atoms with Crippen LogP contribution >= 0.6 is 0 Å². The fraction of sp³-hybridized carbons (Fsp3) is 0.0500. The first-order chi connectivity index (χ1) is 14.2. The number of alkyl halides is 3. The number of rotatable bonds is 5. The minimum Gasteiger partial charge on any atom is -0.472 e. The molecule has 4 rings (SSSR count). The Morgan fingerprint density at radius 1 is 0.900 bits per heavy atom. The summed E-state index contributed by atoms with van der Waals surface area (Å²) in [6.45, 7) is 0. The fourth-order valence-corrected chi connectivity index (χ4v) is 3.81. The molecule has 0 aliphatic carbocycles. The average Bonchev–Trinajstić information content (AvgIpc) is 3.38. The number of benzene rings is 2. The average molecular weight is 433 g/mol. The SMILES string of the molecule is O=S(=O)(Nn1nc(C(F)(F)F)cc1-c1ccc(-c2ccoc2)cc1)c1ccccc1. The minimum absolute atomic E-state index is 0.0550. The van der Waals surface area contributed by atoms with E-state index >= 15 is 0 Å². The van der Waals surface area contributed by atoms with Crippen molar-refractivity contribution in [2.45, 2.75) is 11.1 Å². The molecule has 0 aliphatic rings. The van der Waals surface area contributed by atoms with Gasteiger partial charge in [0.1, 0.15) is 0 Å². The smallest absolute Gasteiger partial charge is 0.435 e. The number of nitrogens with zero attached hydrogens (tertiary/aromatic N) is 2. The lowest BCUT2D eigenvalue weighted by molar-refractivity contribution is -0.141. The highest BCUT2D eigenvalue weighted by atomic mass is 32.2. The standard InChI is InChI=1S/C20H14F3N3O3S/c21-20(22,23)19-12-18(15-8-6-14(7-9-15)16-10-11-29-13-16)26(24-19)25-30(27,28)17-4-2-1-3-5-17/h1-13,25H. The molecule has 2 aromatic heterocycles. The van der Waals surface area contributed by atoms with E-state index in [0.717, 1.165) is 17.2 Å². The van der Waals surface area contributed by atoms with Gasteiger partial charge in [0.05, 0.1) is 23.1 Å². The Morgan fingerprint density at radius 3 is 2.17 bits per heavy atom. The Bertz CT molecular complexity index is 1250. The third-order valence-corrected chi connectivity index (χ3v) is 5.60. The summed E-state index contributed by atoms with van der Waals surface area (Å²) in [6.07, 6.45) is -1.70. The number of hydrogen-bond acceptors (Lipinski definition) is 4. The Hall–Kier alpha value is -3.53. The molecule has 0 spiro atoms. The molecule has 0 saturated heterocycles. The molecule has 0 bridgehead atoms. The Balaban J connectivity index is 1.75. The summed E-state index contributed by atoms with van der Waals surface area (Å²) in [7, 11) is -4.15. The van der Waals surface area contributed by atoms with E-state index in [2.05, 4.69) is 9.93 Å². The molecule has 154 valence electrons. The van der Waals surface area contributed by atoms with Crippen LogP contribution in [0.4, 0.5) is 13.2 Å². The van der Waals surface area contributed by atoms with Crippen molar-refractivity contribution in [2.75, 3.05) is 4.83 Å². The molecule has 4 aromatic rings. The van der Waals surface area contributed by atoms with E-state index in [-0.39, 0.29) is 10.6 Å². The van der Waals surface area contributed by atoms with Gasteiger partial charge in [-0.15, -0.1) is 5.10 Å².